The molecule has 110 valence electrons. The average molecular weight is 319 g/mol. The third-order valence-corrected chi connectivity index (χ3v) is 4.58. The Morgan fingerprint density at radius 1 is 1.29 bits per heavy atom. The van der Waals surface area contributed by atoms with Gasteiger partial charge < -0.3 is 0 Å². The number of amides is 1. The lowest BCUT2D eigenvalue weighted by molar-refractivity contribution is -0.131. The summed E-state index contributed by atoms with van der Waals surface area (Å²) in [5, 5.41) is 0. The third kappa shape index (κ3) is 3.41. The normalized spacial score (nSPS) is 18.7. The van der Waals surface area contributed by atoms with Crippen molar-refractivity contribution in [2.45, 2.75) is 26.8 Å². The minimum Gasteiger partial charge on any atom is -0.298 e. The number of hydrogen-bond acceptors (Lipinski definition) is 4. The highest BCUT2D eigenvalue weighted by Gasteiger charge is 2.40. The Balaban J connectivity index is 2.32. The minimum absolute atomic E-state index is 0.0288. The van der Waals surface area contributed by atoms with Crippen molar-refractivity contribution in [2.24, 2.45) is 5.92 Å². The van der Waals surface area contributed by atoms with E-state index in [2.05, 4.69) is 0 Å². The Morgan fingerprint density at radius 2 is 1.90 bits per heavy atom. The fourth-order valence-electron chi connectivity index (χ4n) is 2.37. The van der Waals surface area contributed by atoms with E-state index < -0.39 is 6.04 Å². The molecule has 0 bridgehead atoms. The van der Waals surface area contributed by atoms with E-state index in [0.29, 0.717) is 9.23 Å². The Labute approximate surface area is 134 Å². The average Bonchev–Trinajstić information content (AvgIpc) is 2.67. The molecule has 0 saturated carbocycles. The van der Waals surface area contributed by atoms with Crippen LogP contribution in [0.15, 0.2) is 35.2 Å². The van der Waals surface area contributed by atoms with Gasteiger partial charge in [-0.1, -0.05) is 68.2 Å². The Kier molecular flexibility index (Phi) is 4.96. The molecule has 0 radical (unpaired) electrons. The number of hydrogen-bond donors (Lipinski definition) is 0. The largest absolute Gasteiger partial charge is 0.298 e. The number of thiocarbonyl (C=S) groups is 1. The molecule has 3 nitrogen and oxygen atoms in total. The summed E-state index contributed by atoms with van der Waals surface area (Å²) in [6.45, 7) is 5.35. The first-order valence-corrected chi connectivity index (χ1v) is 7.97. The van der Waals surface area contributed by atoms with Crippen LogP contribution in [0.2, 0.25) is 0 Å². The summed E-state index contributed by atoms with van der Waals surface area (Å²) in [6, 6.07) is 9.12. The maximum absolute atomic E-state index is 12.6. The van der Waals surface area contributed by atoms with Gasteiger partial charge in [-0.3, -0.25) is 14.5 Å². The lowest BCUT2D eigenvalue weighted by atomic mass is 9.99. The molecule has 1 heterocycles. The number of ketones is 1. The highest BCUT2D eigenvalue weighted by atomic mass is 32.2. The van der Waals surface area contributed by atoms with Gasteiger partial charge in [-0.2, -0.15) is 0 Å². The molecule has 0 N–H and O–H groups in total. The summed E-state index contributed by atoms with van der Waals surface area (Å²) < 4.78 is 0.455. The van der Waals surface area contributed by atoms with Crippen LogP contribution in [0, 0.1) is 5.92 Å². The summed E-state index contributed by atoms with van der Waals surface area (Å²) >= 11 is 6.56. The third-order valence-electron chi connectivity index (χ3n) is 3.25. The molecule has 0 aromatic heterocycles. The van der Waals surface area contributed by atoms with E-state index in [1.165, 1.54) is 23.6 Å². The second-order valence-corrected chi connectivity index (χ2v) is 6.94. The van der Waals surface area contributed by atoms with Gasteiger partial charge in [0.05, 0.1) is 10.9 Å². The zero-order valence-electron chi connectivity index (χ0n) is 12.2. The highest BCUT2D eigenvalue weighted by molar-refractivity contribution is 8.26. The van der Waals surface area contributed by atoms with E-state index in [4.69, 9.17) is 12.2 Å². The molecule has 1 unspecified atom stereocenters. The van der Waals surface area contributed by atoms with E-state index in [-0.39, 0.29) is 17.6 Å². The number of nitrogens with zero attached hydrogens (tertiary/aromatic N) is 1. The fraction of sp³-hybridized carbons (Fsp3) is 0.312. The lowest BCUT2D eigenvalue weighted by Crippen LogP contribution is -2.46. The molecule has 1 aliphatic heterocycles. The van der Waals surface area contributed by atoms with Crippen molar-refractivity contribution >= 4 is 46.1 Å². The van der Waals surface area contributed by atoms with Gasteiger partial charge in [0.15, 0.2) is 5.78 Å². The summed E-state index contributed by atoms with van der Waals surface area (Å²) in [4.78, 5) is 26.4. The van der Waals surface area contributed by atoms with Crippen LogP contribution in [0.1, 0.15) is 26.3 Å². The lowest BCUT2D eigenvalue weighted by Gasteiger charge is -2.27. The number of thioether (sulfide) groups is 1. The van der Waals surface area contributed by atoms with Crippen molar-refractivity contribution in [3.8, 4) is 0 Å². The molecule has 5 heteroatoms. The van der Waals surface area contributed by atoms with Crippen molar-refractivity contribution in [2.75, 3.05) is 0 Å². The van der Waals surface area contributed by atoms with E-state index in [1.54, 1.807) is 0 Å². The first-order chi connectivity index (χ1) is 9.91. The summed E-state index contributed by atoms with van der Waals surface area (Å²) in [7, 11) is 0. The number of Topliss-reactive ketones (excluding diaryl/α,β-unsaturated/α-hetero) is 1. The second-order valence-electron chi connectivity index (χ2n) is 5.26. The Bertz CT molecular complexity index is 608. The van der Waals surface area contributed by atoms with Gasteiger partial charge in [0.25, 0.3) is 5.91 Å². The number of rotatable bonds is 4. The monoisotopic (exact) mass is 319 g/mol. The van der Waals surface area contributed by atoms with E-state index in [9.17, 15) is 9.59 Å². The molecule has 0 spiro atoms. The first kappa shape index (κ1) is 15.9. The molecule has 1 saturated heterocycles. The minimum atomic E-state index is -0.487. The van der Waals surface area contributed by atoms with Crippen LogP contribution in [0.5, 0.6) is 0 Å². The van der Waals surface area contributed by atoms with Crippen molar-refractivity contribution < 1.29 is 9.59 Å². The van der Waals surface area contributed by atoms with Crippen molar-refractivity contribution in [3.05, 3.63) is 40.8 Å². The Hall–Kier alpha value is -1.46. The molecule has 1 atom stereocenters. The van der Waals surface area contributed by atoms with Gasteiger partial charge in [-0.05, 0) is 24.5 Å². The van der Waals surface area contributed by atoms with Crippen LogP contribution in [0.4, 0.5) is 0 Å². The van der Waals surface area contributed by atoms with Crippen LogP contribution in [0.3, 0.4) is 0 Å². The van der Waals surface area contributed by atoms with E-state index in [1.807, 2.05) is 50.3 Å². The molecule has 1 aliphatic rings. The van der Waals surface area contributed by atoms with E-state index >= 15 is 0 Å². The SMILES string of the molecule is CC(=O)C(C(C)C)N1C(=O)/C(=C/c2ccccc2)SC1=S. The molecule has 1 aromatic carbocycles. The molecule has 21 heavy (non-hydrogen) atoms. The molecule has 1 fully saturated rings. The first-order valence-electron chi connectivity index (χ1n) is 6.74. The van der Waals surface area contributed by atoms with Crippen LogP contribution in [0.25, 0.3) is 6.08 Å². The van der Waals surface area contributed by atoms with Gasteiger partial charge in [0.1, 0.15) is 4.32 Å². The van der Waals surface area contributed by atoms with Gasteiger partial charge in [-0.15, -0.1) is 0 Å². The number of carbonyl (C=O) groups is 2. The highest BCUT2D eigenvalue weighted by Crippen LogP contribution is 2.35. The predicted molar refractivity (Wildman–Crippen MR) is 90.8 cm³/mol. The summed E-state index contributed by atoms with van der Waals surface area (Å²) in [6.07, 6.45) is 1.82. The summed E-state index contributed by atoms with van der Waals surface area (Å²) in [5.41, 5.74) is 0.946. The predicted octanol–water partition coefficient (Wildman–Crippen LogP) is 3.50. The van der Waals surface area contributed by atoms with E-state index in [0.717, 1.165) is 5.56 Å². The zero-order valence-corrected chi connectivity index (χ0v) is 13.8. The topological polar surface area (TPSA) is 37.4 Å². The second kappa shape index (κ2) is 6.54. The van der Waals surface area contributed by atoms with Crippen LogP contribution in [-0.4, -0.2) is 27.0 Å². The Morgan fingerprint density at radius 3 is 2.43 bits per heavy atom. The van der Waals surface area contributed by atoms with Crippen molar-refractivity contribution in [1.29, 1.82) is 0 Å². The molecular weight excluding hydrogens is 302 g/mol. The fourth-order valence-corrected chi connectivity index (χ4v) is 3.70. The number of benzene rings is 1. The standard InChI is InChI=1S/C16H17NO2S2/c1-10(2)14(11(3)18)17-15(19)13(21-16(17)20)9-12-7-5-4-6-8-12/h4-10,14H,1-3H3/b13-9-. The van der Waals surface area contributed by atoms with Gasteiger partial charge in [-0.25, -0.2) is 0 Å². The maximum atomic E-state index is 12.6. The van der Waals surface area contributed by atoms with Gasteiger partial charge >= 0.3 is 0 Å². The smallest absolute Gasteiger partial charge is 0.266 e. The number of carbonyl (C=O) groups excluding carboxylic acids is 2. The van der Waals surface area contributed by atoms with Gasteiger partial charge in [0.2, 0.25) is 0 Å². The zero-order chi connectivity index (χ0) is 15.6. The van der Waals surface area contributed by atoms with Crippen LogP contribution < -0.4 is 0 Å². The molecule has 2 rings (SSSR count). The maximum Gasteiger partial charge on any atom is 0.266 e. The molecule has 0 aliphatic carbocycles. The quantitative estimate of drug-likeness (QED) is 0.629. The van der Waals surface area contributed by atoms with Crippen molar-refractivity contribution in [3.63, 3.8) is 0 Å². The van der Waals surface area contributed by atoms with Gasteiger partial charge in [0, 0.05) is 0 Å². The molecule has 1 amide bonds. The molecular formula is C16H17NO2S2. The molecule has 1 aromatic rings. The van der Waals surface area contributed by atoms with Crippen LogP contribution >= 0.6 is 24.0 Å². The van der Waals surface area contributed by atoms with Crippen molar-refractivity contribution in [1.82, 2.24) is 4.90 Å². The van der Waals surface area contributed by atoms with Crippen LogP contribution in [-0.2, 0) is 9.59 Å². The summed E-state index contributed by atoms with van der Waals surface area (Å²) in [5.74, 6) is -0.189.